The summed E-state index contributed by atoms with van der Waals surface area (Å²) < 4.78 is 2.05. The average molecular weight is 377 g/mol. The number of nitrogens with one attached hydrogen (secondary N) is 1. The number of benzene rings is 2. The maximum atomic E-state index is 12.7. The van der Waals surface area contributed by atoms with Crippen LogP contribution in [0.15, 0.2) is 54.6 Å². The fourth-order valence-electron chi connectivity index (χ4n) is 3.84. The maximum absolute atomic E-state index is 12.7. The number of imidazole rings is 1. The Morgan fingerprint density at radius 2 is 1.93 bits per heavy atom. The number of fused-ring (bicyclic) bond motifs is 1. The molecule has 1 saturated heterocycles. The Kier molecular flexibility index (Phi) is 5.30. The van der Waals surface area contributed by atoms with Crippen molar-refractivity contribution in [3.63, 3.8) is 0 Å². The van der Waals surface area contributed by atoms with Gasteiger partial charge in [-0.25, -0.2) is 9.78 Å². The molecule has 1 aliphatic rings. The molecule has 0 radical (unpaired) electrons. The van der Waals surface area contributed by atoms with E-state index >= 15 is 0 Å². The molecule has 6 nitrogen and oxygen atoms in total. The van der Waals surface area contributed by atoms with Crippen molar-refractivity contribution in [3.8, 4) is 0 Å². The molecule has 0 bridgehead atoms. The van der Waals surface area contributed by atoms with E-state index in [0.717, 1.165) is 42.9 Å². The van der Waals surface area contributed by atoms with Gasteiger partial charge in [-0.05, 0) is 24.1 Å². The van der Waals surface area contributed by atoms with Crippen LogP contribution in [0.25, 0.3) is 11.0 Å². The van der Waals surface area contributed by atoms with Crippen molar-refractivity contribution in [2.75, 3.05) is 20.1 Å². The molecule has 28 heavy (non-hydrogen) atoms. The summed E-state index contributed by atoms with van der Waals surface area (Å²) in [5.41, 5.74) is 3.35. The van der Waals surface area contributed by atoms with Crippen LogP contribution in [-0.4, -0.2) is 51.6 Å². The van der Waals surface area contributed by atoms with Crippen molar-refractivity contribution in [1.29, 1.82) is 0 Å². The van der Waals surface area contributed by atoms with E-state index in [9.17, 15) is 4.79 Å². The predicted molar refractivity (Wildman–Crippen MR) is 111 cm³/mol. The molecule has 1 fully saturated rings. The summed E-state index contributed by atoms with van der Waals surface area (Å²) >= 11 is 0. The van der Waals surface area contributed by atoms with E-state index in [0.29, 0.717) is 6.54 Å². The maximum Gasteiger partial charge on any atom is 0.317 e. The average Bonchev–Trinajstić information content (AvgIpc) is 3.27. The number of para-hydroxylation sites is 2. The normalized spacial score (nSPS) is 17.1. The van der Waals surface area contributed by atoms with Crippen LogP contribution in [0.2, 0.25) is 0 Å². The summed E-state index contributed by atoms with van der Waals surface area (Å²) in [5, 5.41) is 3.18. The quantitative estimate of drug-likeness (QED) is 0.744. The monoisotopic (exact) mass is 377 g/mol. The Morgan fingerprint density at radius 3 is 2.71 bits per heavy atom. The van der Waals surface area contributed by atoms with Crippen LogP contribution in [0, 0.1) is 0 Å². The fourth-order valence-corrected chi connectivity index (χ4v) is 3.84. The van der Waals surface area contributed by atoms with Gasteiger partial charge in [0.1, 0.15) is 5.82 Å². The van der Waals surface area contributed by atoms with Crippen molar-refractivity contribution < 1.29 is 4.79 Å². The summed E-state index contributed by atoms with van der Waals surface area (Å²) in [5.74, 6) is 0.885. The Balaban J connectivity index is 1.31. The van der Waals surface area contributed by atoms with Gasteiger partial charge < -0.3 is 14.8 Å². The molecule has 2 amide bonds. The number of hydrogen-bond donors (Lipinski definition) is 1. The van der Waals surface area contributed by atoms with Gasteiger partial charge in [0.05, 0.1) is 17.6 Å². The summed E-state index contributed by atoms with van der Waals surface area (Å²) in [6.45, 7) is 3.31. The van der Waals surface area contributed by atoms with Crippen LogP contribution in [-0.2, 0) is 20.1 Å². The fraction of sp³-hybridized carbons (Fsp3) is 0.364. The molecule has 2 heterocycles. The Bertz CT molecular complexity index is 952. The Morgan fingerprint density at radius 1 is 1.18 bits per heavy atom. The van der Waals surface area contributed by atoms with Crippen LogP contribution < -0.4 is 5.32 Å². The minimum Gasteiger partial charge on any atom is -0.334 e. The number of aryl methyl sites for hydroxylation is 1. The van der Waals surface area contributed by atoms with Gasteiger partial charge >= 0.3 is 6.03 Å². The first kappa shape index (κ1) is 18.5. The summed E-state index contributed by atoms with van der Waals surface area (Å²) in [6.07, 6.45) is 0.985. The number of amides is 2. The number of carbonyl (C=O) groups excluding carboxylic acids is 1. The smallest absolute Gasteiger partial charge is 0.317 e. The van der Waals surface area contributed by atoms with E-state index in [2.05, 4.69) is 44.0 Å². The summed E-state index contributed by atoms with van der Waals surface area (Å²) in [4.78, 5) is 21.4. The van der Waals surface area contributed by atoms with Crippen LogP contribution in [0.3, 0.4) is 0 Å². The molecule has 0 spiro atoms. The number of rotatable bonds is 5. The van der Waals surface area contributed by atoms with E-state index in [1.54, 1.807) is 4.90 Å². The molecular formula is C22H27N5O. The van der Waals surface area contributed by atoms with E-state index in [1.807, 2.05) is 44.4 Å². The van der Waals surface area contributed by atoms with E-state index in [-0.39, 0.29) is 12.1 Å². The third-order valence-electron chi connectivity index (χ3n) is 5.45. The van der Waals surface area contributed by atoms with Crippen LogP contribution in [0.5, 0.6) is 0 Å². The summed E-state index contributed by atoms with van der Waals surface area (Å²) in [6, 6.07) is 18.7. The number of aromatic nitrogens is 2. The lowest BCUT2D eigenvalue weighted by atomic mass is 10.2. The van der Waals surface area contributed by atoms with Gasteiger partial charge in [0.25, 0.3) is 0 Å². The third kappa shape index (κ3) is 4.02. The van der Waals surface area contributed by atoms with Crippen molar-refractivity contribution in [3.05, 3.63) is 66.0 Å². The first-order valence-electron chi connectivity index (χ1n) is 9.78. The lowest BCUT2D eigenvalue weighted by Crippen LogP contribution is -2.44. The molecule has 0 saturated carbocycles. The first-order chi connectivity index (χ1) is 13.6. The highest BCUT2D eigenvalue weighted by Gasteiger charge is 2.25. The number of nitrogens with zero attached hydrogens (tertiary/aromatic N) is 4. The van der Waals surface area contributed by atoms with Gasteiger partial charge in [-0.15, -0.1) is 0 Å². The lowest BCUT2D eigenvalue weighted by Gasteiger charge is -2.21. The largest absolute Gasteiger partial charge is 0.334 e. The van der Waals surface area contributed by atoms with E-state index in [4.69, 9.17) is 0 Å². The second-order valence-electron chi connectivity index (χ2n) is 7.59. The molecule has 2 aromatic carbocycles. The molecular weight excluding hydrogens is 350 g/mol. The van der Waals surface area contributed by atoms with Crippen LogP contribution in [0.4, 0.5) is 4.79 Å². The molecule has 6 heteroatoms. The molecule has 4 rings (SSSR count). The highest BCUT2D eigenvalue weighted by molar-refractivity contribution is 5.76. The van der Waals surface area contributed by atoms with Gasteiger partial charge in [-0.2, -0.15) is 0 Å². The Labute approximate surface area is 165 Å². The van der Waals surface area contributed by atoms with Crippen molar-refractivity contribution in [1.82, 2.24) is 24.7 Å². The molecule has 3 aromatic rings. The van der Waals surface area contributed by atoms with Gasteiger partial charge in [-0.1, -0.05) is 42.5 Å². The van der Waals surface area contributed by atoms with Gasteiger partial charge in [0.2, 0.25) is 0 Å². The minimum atomic E-state index is -0.0429. The van der Waals surface area contributed by atoms with Crippen molar-refractivity contribution >= 4 is 17.1 Å². The van der Waals surface area contributed by atoms with Gasteiger partial charge in [-0.3, -0.25) is 4.90 Å². The molecule has 1 aliphatic heterocycles. The van der Waals surface area contributed by atoms with Gasteiger partial charge in [0, 0.05) is 39.8 Å². The molecule has 1 N–H and O–H groups in total. The van der Waals surface area contributed by atoms with Gasteiger partial charge in [0.15, 0.2) is 0 Å². The number of hydrogen-bond acceptors (Lipinski definition) is 3. The molecule has 146 valence electrons. The van der Waals surface area contributed by atoms with Crippen LogP contribution >= 0.6 is 0 Å². The molecule has 1 atom stereocenters. The predicted octanol–water partition coefficient (Wildman–Crippen LogP) is 2.99. The highest BCUT2D eigenvalue weighted by atomic mass is 16.2. The zero-order chi connectivity index (χ0) is 19.5. The lowest BCUT2D eigenvalue weighted by molar-refractivity contribution is 0.200. The second-order valence-corrected chi connectivity index (χ2v) is 7.59. The Hall–Kier alpha value is -2.86. The number of carbonyl (C=O) groups is 1. The highest BCUT2D eigenvalue weighted by Crippen LogP contribution is 2.16. The minimum absolute atomic E-state index is 0.0429. The SMILES string of the molecule is CN(Cc1nc2ccccc2n1C)C(=O)N[C@H]1CCN(Cc2ccccc2)C1. The first-order valence-corrected chi connectivity index (χ1v) is 9.78. The van der Waals surface area contributed by atoms with E-state index < -0.39 is 0 Å². The zero-order valence-corrected chi connectivity index (χ0v) is 16.5. The molecule has 1 aromatic heterocycles. The topological polar surface area (TPSA) is 53.4 Å². The van der Waals surface area contributed by atoms with Crippen molar-refractivity contribution in [2.24, 2.45) is 7.05 Å². The molecule has 0 unspecified atom stereocenters. The zero-order valence-electron chi connectivity index (χ0n) is 16.5. The second kappa shape index (κ2) is 8.02. The number of urea groups is 1. The standard InChI is InChI=1S/C22H27N5O/c1-25(16-21-24-19-10-6-7-11-20(19)26(21)2)22(28)23-18-12-13-27(15-18)14-17-8-4-3-5-9-17/h3-11,18H,12-16H2,1-2H3,(H,23,28)/t18-/m0/s1. The van der Waals surface area contributed by atoms with Crippen LogP contribution in [0.1, 0.15) is 17.8 Å². The number of likely N-dealkylation sites (tertiary alicyclic amines) is 1. The van der Waals surface area contributed by atoms with E-state index in [1.165, 1.54) is 5.56 Å². The summed E-state index contributed by atoms with van der Waals surface area (Å²) in [7, 11) is 3.82. The molecule has 0 aliphatic carbocycles. The van der Waals surface area contributed by atoms with Crippen molar-refractivity contribution in [2.45, 2.75) is 25.6 Å². The third-order valence-corrected chi connectivity index (χ3v) is 5.45.